The number of rotatable bonds is 7. The molecule has 6 nitrogen and oxygen atoms in total. The van der Waals surface area contributed by atoms with Gasteiger partial charge in [0.05, 0.1) is 4.90 Å². The van der Waals surface area contributed by atoms with Crippen LogP contribution in [0.25, 0.3) is 0 Å². The third-order valence-electron chi connectivity index (χ3n) is 3.32. The Bertz CT molecular complexity index is 737. The van der Waals surface area contributed by atoms with E-state index < -0.39 is 10.0 Å². The van der Waals surface area contributed by atoms with E-state index in [0.29, 0.717) is 24.8 Å². The fraction of sp³-hybridized carbons (Fsp3) is 0.429. The summed E-state index contributed by atoms with van der Waals surface area (Å²) in [6.45, 7) is 2.74. The average molecular weight is 339 g/mol. The molecule has 0 bridgehead atoms. The molecule has 8 heteroatoms. The molecule has 0 amide bonds. The summed E-state index contributed by atoms with van der Waals surface area (Å²) in [4.78, 5) is 0.257. The van der Waals surface area contributed by atoms with E-state index in [4.69, 9.17) is 4.74 Å². The van der Waals surface area contributed by atoms with E-state index >= 15 is 0 Å². The molecule has 1 aromatic heterocycles. The van der Waals surface area contributed by atoms with E-state index in [1.54, 1.807) is 24.3 Å². The second-order valence-corrected chi connectivity index (χ2v) is 8.30. The number of nitrogens with zero attached hydrogens (tertiary/aromatic N) is 2. The first-order valence-electron chi connectivity index (χ1n) is 7.04. The summed E-state index contributed by atoms with van der Waals surface area (Å²) in [5, 5.41) is 9.57. The molecule has 0 saturated heterocycles. The number of benzene rings is 1. The van der Waals surface area contributed by atoms with Crippen molar-refractivity contribution >= 4 is 21.4 Å². The van der Waals surface area contributed by atoms with E-state index in [1.165, 1.54) is 11.3 Å². The topological polar surface area (TPSA) is 81.2 Å². The molecule has 118 valence electrons. The number of ether oxygens (including phenoxy) is 1. The molecule has 1 aliphatic carbocycles. The van der Waals surface area contributed by atoms with Crippen LogP contribution in [0.1, 0.15) is 22.9 Å². The number of aryl methyl sites for hydroxylation is 1. The highest BCUT2D eigenvalue weighted by Crippen LogP contribution is 2.28. The molecule has 22 heavy (non-hydrogen) atoms. The van der Waals surface area contributed by atoms with E-state index in [9.17, 15) is 8.42 Å². The molecule has 0 aliphatic heterocycles. The highest BCUT2D eigenvalue weighted by atomic mass is 32.2. The first-order valence-corrected chi connectivity index (χ1v) is 9.34. The van der Waals surface area contributed by atoms with Crippen molar-refractivity contribution in [2.75, 3.05) is 6.54 Å². The van der Waals surface area contributed by atoms with Crippen LogP contribution in [0.5, 0.6) is 5.75 Å². The molecule has 1 N–H and O–H groups in total. The van der Waals surface area contributed by atoms with Crippen LogP contribution in [0, 0.1) is 12.8 Å². The Balaban J connectivity index is 1.59. The maximum absolute atomic E-state index is 12.1. The molecule has 1 heterocycles. The fourth-order valence-electron chi connectivity index (χ4n) is 1.89. The van der Waals surface area contributed by atoms with Crippen LogP contribution in [-0.4, -0.2) is 25.2 Å². The van der Waals surface area contributed by atoms with Crippen molar-refractivity contribution in [2.24, 2.45) is 5.92 Å². The SMILES string of the molecule is Cc1nnc(COc2ccc(S(=O)(=O)NCC3CC3)cc2)s1. The summed E-state index contributed by atoms with van der Waals surface area (Å²) in [5.41, 5.74) is 0. The predicted molar refractivity (Wildman–Crippen MR) is 83.3 cm³/mol. The van der Waals surface area contributed by atoms with Crippen LogP contribution < -0.4 is 9.46 Å². The van der Waals surface area contributed by atoms with Gasteiger partial charge in [-0.05, 0) is 49.9 Å². The van der Waals surface area contributed by atoms with Crippen molar-refractivity contribution in [1.82, 2.24) is 14.9 Å². The van der Waals surface area contributed by atoms with Crippen molar-refractivity contribution in [3.63, 3.8) is 0 Å². The Morgan fingerprint density at radius 1 is 1.27 bits per heavy atom. The monoisotopic (exact) mass is 339 g/mol. The van der Waals surface area contributed by atoms with E-state index in [1.807, 2.05) is 6.92 Å². The molecular formula is C14H17N3O3S2. The van der Waals surface area contributed by atoms with E-state index in [-0.39, 0.29) is 4.90 Å². The van der Waals surface area contributed by atoms with Gasteiger partial charge in [0.1, 0.15) is 17.4 Å². The zero-order valence-corrected chi connectivity index (χ0v) is 13.8. The van der Waals surface area contributed by atoms with Gasteiger partial charge in [-0.25, -0.2) is 13.1 Å². The quantitative estimate of drug-likeness (QED) is 0.835. The smallest absolute Gasteiger partial charge is 0.240 e. The lowest BCUT2D eigenvalue weighted by atomic mass is 10.3. The summed E-state index contributed by atoms with van der Waals surface area (Å²) in [6.07, 6.45) is 2.22. The Hall–Kier alpha value is -1.51. The van der Waals surface area contributed by atoms with Crippen molar-refractivity contribution in [2.45, 2.75) is 31.3 Å². The van der Waals surface area contributed by atoms with Gasteiger partial charge in [-0.3, -0.25) is 0 Å². The zero-order chi connectivity index (χ0) is 15.6. The summed E-state index contributed by atoms with van der Waals surface area (Å²) in [7, 11) is -3.42. The molecule has 0 radical (unpaired) electrons. The molecule has 0 atom stereocenters. The molecule has 1 saturated carbocycles. The summed E-state index contributed by atoms with van der Waals surface area (Å²) >= 11 is 1.48. The van der Waals surface area contributed by atoms with Crippen molar-refractivity contribution in [3.05, 3.63) is 34.3 Å². The maximum Gasteiger partial charge on any atom is 0.240 e. The van der Waals surface area contributed by atoms with Crippen LogP contribution in [0.2, 0.25) is 0 Å². The molecule has 0 unspecified atom stereocenters. The van der Waals surface area contributed by atoms with Gasteiger partial charge in [-0.15, -0.1) is 10.2 Å². The summed E-state index contributed by atoms with van der Waals surface area (Å²) < 4.78 is 32.4. The van der Waals surface area contributed by atoms with Gasteiger partial charge < -0.3 is 4.74 Å². The maximum atomic E-state index is 12.1. The molecular weight excluding hydrogens is 322 g/mol. The van der Waals surface area contributed by atoms with Gasteiger partial charge in [0, 0.05) is 6.54 Å². The van der Waals surface area contributed by atoms with Gasteiger partial charge >= 0.3 is 0 Å². The minimum Gasteiger partial charge on any atom is -0.486 e. The predicted octanol–water partition coefficient (Wildman–Crippen LogP) is 2.11. The number of aromatic nitrogens is 2. The summed E-state index contributed by atoms with van der Waals surface area (Å²) in [6, 6.07) is 6.41. The Kier molecular flexibility index (Phi) is 4.42. The first-order chi connectivity index (χ1) is 10.5. The zero-order valence-electron chi connectivity index (χ0n) is 12.2. The standard InChI is InChI=1S/C14H17N3O3S2/c1-10-16-17-14(21-10)9-20-12-4-6-13(7-5-12)22(18,19)15-8-11-2-3-11/h4-7,11,15H,2-3,8-9H2,1H3. The summed E-state index contributed by atoms with van der Waals surface area (Å²) in [5.74, 6) is 1.11. The third kappa shape index (κ3) is 4.02. The highest BCUT2D eigenvalue weighted by molar-refractivity contribution is 7.89. The lowest BCUT2D eigenvalue weighted by molar-refractivity contribution is 0.304. The first kappa shape index (κ1) is 15.4. The molecule has 0 spiro atoms. The van der Waals surface area contributed by atoms with Gasteiger partial charge in [0.25, 0.3) is 0 Å². The Morgan fingerprint density at radius 2 is 2.00 bits per heavy atom. The molecule has 2 aromatic rings. The van der Waals surface area contributed by atoms with E-state index in [2.05, 4.69) is 14.9 Å². The van der Waals surface area contributed by atoms with Gasteiger partial charge in [0.15, 0.2) is 5.01 Å². The van der Waals surface area contributed by atoms with Crippen LogP contribution in [-0.2, 0) is 16.6 Å². The number of hydrogen-bond donors (Lipinski definition) is 1. The van der Waals surface area contributed by atoms with Gasteiger partial charge in [-0.2, -0.15) is 0 Å². The van der Waals surface area contributed by atoms with E-state index in [0.717, 1.165) is 22.9 Å². The average Bonchev–Trinajstić information content (AvgIpc) is 3.25. The highest BCUT2D eigenvalue weighted by Gasteiger charge is 2.24. The van der Waals surface area contributed by atoms with Crippen molar-refractivity contribution in [1.29, 1.82) is 0 Å². The lowest BCUT2D eigenvalue weighted by Crippen LogP contribution is -2.25. The van der Waals surface area contributed by atoms with Crippen molar-refractivity contribution < 1.29 is 13.2 Å². The minimum absolute atomic E-state index is 0.257. The number of nitrogens with one attached hydrogen (secondary N) is 1. The Morgan fingerprint density at radius 3 is 2.59 bits per heavy atom. The molecule has 1 fully saturated rings. The minimum atomic E-state index is -3.42. The molecule has 3 rings (SSSR count). The normalized spacial score (nSPS) is 15.0. The lowest BCUT2D eigenvalue weighted by Gasteiger charge is -2.07. The van der Waals surface area contributed by atoms with Crippen LogP contribution >= 0.6 is 11.3 Å². The fourth-order valence-corrected chi connectivity index (χ4v) is 3.63. The van der Waals surface area contributed by atoms with Crippen LogP contribution in [0.4, 0.5) is 0 Å². The Labute approximate surface area is 133 Å². The molecule has 1 aliphatic rings. The van der Waals surface area contributed by atoms with Crippen LogP contribution in [0.15, 0.2) is 29.2 Å². The second-order valence-electron chi connectivity index (χ2n) is 5.27. The number of hydrogen-bond acceptors (Lipinski definition) is 6. The van der Waals surface area contributed by atoms with Crippen molar-refractivity contribution in [3.8, 4) is 5.75 Å². The second kappa shape index (κ2) is 6.31. The molecule has 1 aromatic carbocycles. The van der Waals surface area contributed by atoms with Gasteiger partial charge in [-0.1, -0.05) is 11.3 Å². The van der Waals surface area contributed by atoms with Crippen LogP contribution in [0.3, 0.4) is 0 Å². The number of sulfonamides is 1. The van der Waals surface area contributed by atoms with Gasteiger partial charge in [0.2, 0.25) is 10.0 Å². The largest absolute Gasteiger partial charge is 0.486 e. The third-order valence-corrected chi connectivity index (χ3v) is 5.57.